The van der Waals surface area contributed by atoms with Gasteiger partial charge in [0.05, 0.1) is 12.3 Å². The van der Waals surface area contributed by atoms with Crippen LogP contribution in [0.1, 0.15) is 40.7 Å². The molecule has 164 valence electrons. The number of carbonyl (C=O) groups excluding carboxylic acids is 2. The number of carboxylic acids is 1. The van der Waals surface area contributed by atoms with Crippen LogP contribution in [0.2, 0.25) is 0 Å². The average Bonchev–Trinajstić information content (AvgIpc) is 3.07. The molecule has 7 nitrogen and oxygen atoms in total. The van der Waals surface area contributed by atoms with Gasteiger partial charge in [0.2, 0.25) is 5.91 Å². The first-order valence-electron chi connectivity index (χ1n) is 10.6. The van der Waals surface area contributed by atoms with E-state index in [9.17, 15) is 14.4 Å². The molecule has 4 N–H and O–H groups in total. The van der Waals surface area contributed by atoms with E-state index in [1.807, 2.05) is 42.5 Å². The summed E-state index contributed by atoms with van der Waals surface area (Å²) in [5, 5.41) is 12.0. The number of likely N-dealkylation sites (tertiary alicyclic amines) is 1. The highest BCUT2D eigenvalue weighted by molar-refractivity contribution is 5.94. The Morgan fingerprint density at radius 3 is 2.42 bits per heavy atom. The molecule has 0 aliphatic carbocycles. The lowest BCUT2D eigenvalue weighted by molar-refractivity contribution is -0.142. The van der Waals surface area contributed by atoms with Crippen LogP contribution >= 0.6 is 0 Å². The van der Waals surface area contributed by atoms with Crippen LogP contribution in [-0.4, -0.2) is 46.9 Å². The number of carbonyl (C=O) groups is 3. The highest BCUT2D eigenvalue weighted by Crippen LogP contribution is 2.27. The van der Waals surface area contributed by atoms with E-state index in [1.54, 1.807) is 17.0 Å². The smallest absolute Gasteiger partial charge is 0.304 e. The van der Waals surface area contributed by atoms with E-state index in [0.717, 1.165) is 18.4 Å². The summed E-state index contributed by atoms with van der Waals surface area (Å²) < 4.78 is 0. The minimum Gasteiger partial charge on any atom is -0.481 e. The lowest BCUT2D eigenvalue weighted by atomic mass is 10.0. The Balaban J connectivity index is 1.60. The van der Waals surface area contributed by atoms with Gasteiger partial charge >= 0.3 is 5.97 Å². The second-order valence-electron chi connectivity index (χ2n) is 7.92. The molecule has 0 aromatic heterocycles. The normalized spacial score (nSPS) is 18.2. The molecular weight excluding hydrogens is 394 g/mol. The maximum Gasteiger partial charge on any atom is 0.304 e. The van der Waals surface area contributed by atoms with Gasteiger partial charge in [-0.05, 0) is 42.5 Å². The van der Waals surface area contributed by atoms with E-state index in [1.165, 1.54) is 5.56 Å². The molecule has 1 saturated heterocycles. The standard InChI is InChI=1S/C24H29N3O4/c25-15-18-8-10-19(11-9-18)23(30)26-16-21-13-20(14-22(28)29)24(31)27(21)12-4-7-17-5-2-1-3-6-17/h1-3,5-6,8-11,20-21H,4,7,12-16,25H2,(H,26,30)(H,28,29)/t20-,21-/m0/s1. The third-order valence-electron chi connectivity index (χ3n) is 5.71. The molecule has 0 unspecified atom stereocenters. The van der Waals surface area contributed by atoms with E-state index in [4.69, 9.17) is 10.8 Å². The highest BCUT2D eigenvalue weighted by atomic mass is 16.4. The molecule has 0 spiro atoms. The summed E-state index contributed by atoms with van der Waals surface area (Å²) in [5.74, 6) is -1.88. The van der Waals surface area contributed by atoms with Crippen molar-refractivity contribution in [2.24, 2.45) is 11.7 Å². The number of amides is 2. The van der Waals surface area contributed by atoms with Crippen LogP contribution in [0.4, 0.5) is 0 Å². The average molecular weight is 424 g/mol. The third-order valence-corrected chi connectivity index (χ3v) is 5.71. The fraction of sp³-hybridized carbons (Fsp3) is 0.375. The summed E-state index contributed by atoms with van der Waals surface area (Å²) in [6.07, 6.45) is 1.86. The molecule has 0 saturated carbocycles. The molecular formula is C24H29N3O4. The number of benzene rings is 2. The predicted octanol–water partition coefficient (Wildman–Crippen LogP) is 2.20. The van der Waals surface area contributed by atoms with Crippen molar-refractivity contribution in [3.63, 3.8) is 0 Å². The van der Waals surface area contributed by atoms with Crippen molar-refractivity contribution >= 4 is 17.8 Å². The van der Waals surface area contributed by atoms with Crippen LogP contribution in [0.3, 0.4) is 0 Å². The van der Waals surface area contributed by atoms with Crippen LogP contribution in [0.5, 0.6) is 0 Å². The summed E-state index contributed by atoms with van der Waals surface area (Å²) in [7, 11) is 0. The number of aryl methyl sites for hydroxylation is 1. The van der Waals surface area contributed by atoms with Crippen LogP contribution in [0, 0.1) is 5.92 Å². The first-order chi connectivity index (χ1) is 15.0. The minimum atomic E-state index is -0.979. The fourth-order valence-corrected chi connectivity index (χ4v) is 4.04. The van der Waals surface area contributed by atoms with Crippen LogP contribution in [-0.2, 0) is 22.6 Å². The van der Waals surface area contributed by atoms with Gasteiger partial charge in [0, 0.05) is 31.2 Å². The molecule has 2 atom stereocenters. The largest absolute Gasteiger partial charge is 0.481 e. The van der Waals surface area contributed by atoms with Crippen molar-refractivity contribution in [1.82, 2.24) is 10.2 Å². The molecule has 0 radical (unpaired) electrons. The van der Waals surface area contributed by atoms with Gasteiger partial charge in [-0.1, -0.05) is 42.5 Å². The van der Waals surface area contributed by atoms with E-state index in [2.05, 4.69) is 5.32 Å². The van der Waals surface area contributed by atoms with Crippen molar-refractivity contribution in [2.75, 3.05) is 13.1 Å². The summed E-state index contributed by atoms with van der Waals surface area (Å²) in [4.78, 5) is 38.2. The zero-order valence-corrected chi connectivity index (χ0v) is 17.5. The lowest BCUT2D eigenvalue weighted by Gasteiger charge is -2.25. The maximum absolute atomic E-state index is 12.8. The second-order valence-corrected chi connectivity index (χ2v) is 7.92. The molecule has 2 aromatic carbocycles. The summed E-state index contributed by atoms with van der Waals surface area (Å²) in [6.45, 7) is 1.25. The van der Waals surface area contributed by atoms with Gasteiger partial charge in [0.15, 0.2) is 0 Å². The number of carboxylic acid groups (broad SMARTS) is 1. The van der Waals surface area contributed by atoms with Crippen molar-refractivity contribution in [3.05, 3.63) is 71.3 Å². The topological polar surface area (TPSA) is 113 Å². The zero-order valence-electron chi connectivity index (χ0n) is 17.5. The van der Waals surface area contributed by atoms with Crippen molar-refractivity contribution in [1.29, 1.82) is 0 Å². The van der Waals surface area contributed by atoms with Crippen LogP contribution in [0.25, 0.3) is 0 Å². The Labute approximate surface area is 182 Å². The molecule has 1 fully saturated rings. The SMILES string of the molecule is NCc1ccc(C(=O)NC[C@@H]2C[C@@H](CC(=O)O)C(=O)N2CCCc2ccccc2)cc1. The molecule has 0 bridgehead atoms. The predicted molar refractivity (Wildman–Crippen MR) is 117 cm³/mol. The number of hydrogen-bond acceptors (Lipinski definition) is 4. The monoisotopic (exact) mass is 423 g/mol. The van der Waals surface area contributed by atoms with E-state index < -0.39 is 11.9 Å². The fourth-order valence-electron chi connectivity index (χ4n) is 4.04. The Morgan fingerprint density at radius 2 is 1.77 bits per heavy atom. The first kappa shape index (κ1) is 22.5. The quantitative estimate of drug-likeness (QED) is 0.542. The Bertz CT molecular complexity index is 899. The van der Waals surface area contributed by atoms with Crippen molar-refractivity contribution < 1.29 is 19.5 Å². The summed E-state index contributed by atoms with van der Waals surface area (Å²) in [6, 6.07) is 16.9. The molecule has 3 rings (SSSR count). The minimum absolute atomic E-state index is 0.137. The molecule has 7 heteroatoms. The lowest BCUT2D eigenvalue weighted by Crippen LogP contribution is -2.42. The Kier molecular flexibility index (Phi) is 7.78. The van der Waals surface area contributed by atoms with Gasteiger partial charge in [-0.25, -0.2) is 0 Å². The molecule has 1 heterocycles. The van der Waals surface area contributed by atoms with Crippen molar-refractivity contribution in [2.45, 2.75) is 38.3 Å². The van der Waals surface area contributed by atoms with Gasteiger partial charge in [-0.15, -0.1) is 0 Å². The molecule has 1 aliphatic heterocycles. The number of rotatable bonds is 10. The van der Waals surface area contributed by atoms with Gasteiger partial charge in [0.1, 0.15) is 0 Å². The molecule has 2 aromatic rings. The Morgan fingerprint density at radius 1 is 1.06 bits per heavy atom. The Hall–Kier alpha value is -3.19. The summed E-state index contributed by atoms with van der Waals surface area (Å²) in [5.41, 5.74) is 8.26. The number of nitrogens with two attached hydrogens (primary N) is 1. The van der Waals surface area contributed by atoms with Gasteiger partial charge < -0.3 is 21.1 Å². The van der Waals surface area contributed by atoms with E-state index >= 15 is 0 Å². The van der Waals surface area contributed by atoms with Crippen molar-refractivity contribution in [3.8, 4) is 0 Å². The highest BCUT2D eigenvalue weighted by Gasteiger charge is 2.40. The molecule has 2 amide bonds. The number of aliphatic carboxylic acids is 1. The van der Waals surface area contributed by atoms with Crippen LogP contribution in [0.15, 0.2) is 54.6 Å². The van der Waals surface area contributed by atoms with Gasteiger partial charge in [-0.3, -0.25) is 14.4 Å². The third kappa shape index (κ3) is 6.15. The molecule has 31 heavy (non-hydrogen) atoms. The summed E-state index contributed by atoms with van der Waals surface area (Å²) >= 11 is 0. The number of nitrogens with zero attached hydrogens (tertiary/aromatic N) is 1. The van der Waals surface area contributed by atoms with Gasteiger partial charge in [-0.2, -0.15) is 0 Å². The van der Waals surface area contributed by atoms with Crippen LogP contribution < -0.4 is 11.1 Å². The zero-order chi connectivity index (χ0) is 22.2. The van der Waals surface area contributed by atoms with Gasteiger partial charge in [0.25, 0.3) is 5.91 Å². The van der Waals surface area contributed by atoms with E-state index in [0.29, 0.717) is 31.6 Å². The number of nitrogens with one attached hydrogen (secondary N) is 1. The maximum atomic E-state index is 12.8. The molecule has 1 aliphatic rings. The second kappa shape index (κ2) is 10.7. The van der Waals surface area contributed by atoms with E-state index in [-0.39, 0.29) is 24.3 Å². The first-order valence-corrected chi connectivity index (χ1v) is 10.6. The number of hydrogen-bond donors (Lipinski definition) is 3.